The number of nitrogens with zero attached hydrogens (tertiary/aromatic N) is 2. The molecule has 0 atom stereocenters. The maximum Gasteiger partial charge on any atom is 0.224 e. The number of nitrogens with one attached hydrogen (secondary N) is 1. The highest BCUT2D eigenvalue weighted by atomic mass is 16.5. The molecule has 0 aromatic rings. The third-order valence-electron chi connectivity index (χ3n) is 2.47. The Bertz CT molecular complexity index is 304. The molecule has 0 aromatic carbocycles. The minimum absolute atomic E-state index is 0.109. The van der Waals surface area contributed by atoms with Crippen LogP contribution in [-0.4, -0.2) is 55.2 Å². The maximum absolute atomic E-state index is 11.8. The molecule has 0 bridgehead atoms. The Morgan fingerprint density at radius 1 is 1.39 bits per heavy atom. The van der Waals surface area contributed by atoms with Crippen molar-refractivity contribution in [1.82, 2.24) is 10.2 Å². The lowest BCUT2D eigenvalue weighted by Crippen LogP contribution is -2.45. The molecule has 0 radical (unpaired) electrons. The number of carbonyl (C=O) groups is 1. The van der Waals surface area contributed by atoms with Gasteiger partial charge in [0.25, 0.3) is 0 Å². The summed E-state index contributed by atoms with van der Waals surface area (Å²) in [5.41, 5.74) is 5.61. The molecule has 3 N–H and O–H groups in total. The highest BCUT2D eigenvalue weighted by Gasteiger charge is 2.16. The average molecular weight is 256 g/mol. The number of hydrogen-bond acceptors (Lipinski definition) is 3. The van der Waals surface area contributed by atoms with E-state index in [1.54, 1.807) is 0 Å². The highest BCUT2D eigenvalue weighted by molar-refractivity contribution is 5.80. The molecule has 1 aliphatic heterocycles. The van der Waals surface area contributed by atoms with E-state index in [0.29, 0.717) is 45.2 Å². The first-order valence-electron chi connectivity index (χ1n) is 6.32. The fourth-order valence-electron chi connectivity index (χ4n) is 1.67. The fourth-order valence-corrected chi connectivity index (χ4v) is 1.67. The van der Waals surface area contributed by atoms with Crippen LogP contribution in [0.15, 0.2) is 4.99 Å². The number of morpholine rings is 1. The number of rotatable bonds is 3. The number of ether oxygens (including phenoxy) is 1. The molecule has 0 aliphatic carbocycles. The van der Waals surface area contributed by atoms with Gasteiger partial charge in [-0.3, -0.25) is 9.79 Å². The van der Waals surface area contributed by atoms with Gasteiger partial charge in [0.05, 0.1) is 19.8 Å². The molecule has 0 saturated carbocycles. The summed E-state index contributed by atoms with van der Waals surface area (Å²) < 4.78 is 5.20. The summed E-state index contributed by atoms with van der Waals surface area (Å²) in [7, 11) is 0. The summed E-state index contributed by atoms with van der Waals surface area (Å²) >= 11 is 0. The molecular weight excluding hydrogens is 232 g/mol. The quantitative estimate of drug-likeness (QED) is 0.547. The van der Waals surface area contributed by atoms with Crippen molar-refractivity contribution in [2.45, 2.75) is 32.7 Å². The van der Waals surface area contributed by atoms with Crippen LogP contribution in [0.3, 0.4) is 0 Å². The standard InChI is InChI=1S/C12H24N4O2/c1-12(2,3)15-11(13)14-5-4-10(17)16-6-8-18-9-7-16/h4-9H2,1-3H3,(H3,13,14,15). The van der Waals surface area contributed by atoms with Crippen LogP contribution in [0.25, 0.3) is 0 Å². The molecule has 104 valence electrons. The number of carbonyl (C=O) groups excluding carboxylic acids is 1. The second-order valence-corrected chi connectivity index (χ2v) is 5.39. The number of nitrogens with two attached hydrogens (primary N) is 1. The molecule has 6 nitrogen and oxygen atoms in total. The number of guanidine groups is 1. The van der Waals surface area contributed by atoms with Crippen LogP contribution < -0.4 is 11.1 Å². The van der Waals surface area contributed by atoms with Crippen LogP contribution in [0.1, 0.15) is 27.2 Å². The minimum atomic E-state index is -0.109. The normalized spacial score (nSPS) is 17.7. The summed E-state index contributed by atoms with van der Waals surface area (Å²) in [6, 6.07) is 0. The molecule has 0 unspecified atom stereocenters. The second-order valence-electron chi connectivity index (χ2n) is 5.39. The average Bonchev–Trinajstić information content (AvgIpc) is 2.27. The summed E-state index contributed by atoms with van der Waals surface area (Å²) in [6.07, 6.45) is 0.395. The lowest BCUT2D eigenvalue weighted by atomic mass is 10.1. The van der Waals surface area contributed by atoms with E-state index in [-0.39, 0.29) is 11.4 Å². The van der Waals surface area contributed by atoms with Crippen molar-refractivity contribution in [2.75, 3.05) is 32.8 Å². The third kappa shape index (κ3) is 5.86. The number of amides is 1. The highest BCUT2D eigenvalue weighted by Crippen LogP contribution is 2.01. The van der Waals surface area contributed by atoms with E-state index >= 15 is 0 Å². The van der Waals surface area contributed by atoms with E-state index in [0.717, 1.165) is 0 Å². The van der Waals surface area contributed by atoms with Gasteiger partial charge in [-0.2, -0.15) is 0 Å². The molecule has 6 heteroatoms. The van der Waals surface area contributed by atoms with Gasteiger partial charge in [-0.1, -0.05) is 0 Å². The lowest BCUT2D eigenvalue weighted by Gasteiger charge is -2.26. The van der Waals surface area contributed by atoms with Gasteiger partial charge >= 0.3 is 0 Å². The Hall–Kier alpha value is -1.30. The largest absolute Gasteiger partial charge is 0.378 e. The smallest absolute Gasteiger partial charge is 0.224 e. The Morgan fingerprint density at radius 3 is 2.56 bits per heavy atom. The Morgan fingerprint density at radius 2 is 2.00 bits per heavy atom. The lowest BCUT2D eigenvalue weighted by molar-refractivity contribution is -0.135. The molecule has 1 heterocycles. The van der Waals surface area contributed by atoms with Crippen molar-refractivity contribution in [3.63, 3.8) is 0 Å². The van der Waals surface area contributed by atoms with Crippen molar-refractivity contribution < 1.29 is 9.53 Å². The summed E-state index contributed by atoms with van der Waals surface area (Å²) in [5, 5.41) is 3.06. The van der Waals surface area contributed by atoms with Crippen LogP contribution in [0.5, 0.6) is 0 Å². The fraction of sp³-hybridized carbons (Fsp3) is 0.833. The number of hydrogen-bond donors (Lipinski definition) is 2. The first-order valence-corrected chi connectivity index (χ1v) is 6.32. The maximum atomic E-state index is 11.8. The van der Waals surface area contributed by atoms with Gasteiger partial charge in [0.1, 0.15) is 0 Å². The minimum Gasteiger partial charge on any atom is -0.378 e. The molecule has 1 saturated heterocycles. The van der Waals surface area contributed by atoms with Crippen LogP contribution in [0.2, 0.25) is 0 Å². The van der Waals surface area contributed by atoms with E-state index in [1.165, 1.54) is 0 Å². The zero-order chi connectivity index (χ0) is 13.6. The van der Waals surface area contributed by atoms with Gasteiger partial charge < -0.3 is 20.7 Å². The summed E-state index contributed by atoms with van der Waals surface area (Å²) in [5.74, 6) is 0.503. The van der Waals surface area contributed by atoms with Crippen molar-refractivity contribution in [2.24, 2.45) is 10.7 Å². The Labute approximate surface area is 109 Å². The molecule has 1 amide bonds. The van der Waals surface area contributed by atoms with Crippen LogP contribution in [0, 0.1) is 0 Å². The molecule has 0 spiro atoms. The predicted molar refractivity (Wildman–Crippen MR) is 71.4 cm³/mol. The zero-order valence-corrected chi connectivity index (χ0v) is 11.5. The van der Waals surface area contributed by atoms with E-state index in [1.807, 2.05) is 25.7 Å². The number of aliphatic imine (C=N–C) groups is 1. The van der Waals surface area contributed by atoms with E-state index < -0.39 is 0 Å². The molecule has 1 aliphatic rings. The van der Waals surface area contributed by atoms with Gasteiger partial charge in [-0.05, 0) is 20.8 Å². The van der Waals surface area contributed by atoms with Gasteiger partial charge in [0.15, 0.2) is 5.96 Å². The van der Waals surface area contributed by atoms with Crippen LogP contribution in [-0.2, 0) is 9.53 Å². The molecular formula is C12H24N4O2. The van der Waals surface area contributed by atoms with Gasteiger partial charge in [0, 0.05) is 25.0 Å². The van der Waals surface area contributed by atoms with Crippen molar-refractivity contribution in [1.29, 1.82) is 0 Å². The van der Waals surface area contributed by atoms with Crippen LogP contribution in [0.4, 0.5) is 0 Å². The third-order valence-corrected chi connectivity index (χ3v) is 2.47. The predicted octanol–water partition coefficient (Wildman–Crippen LogP) is -0.0619. The summed E-state index contributed by atoms with van der Waals surface area (Å²) in [4.78, 5) is 17.8. The Balaban J connectivity index is 2.27. The Kier molecular flexibility index (Phi) is 5.40. The van der Waals surface area contributed by atoms with E-state index in [4.69, 9.17) is 10.5 Å². The van der Waals surface area contributed by atoms with E-state index in [9.17, 15) is 4.79 Å². The second kappa shape index (κ2) is 6.58. The van der Waals surface area contributed by atoms with Gasteiger partial charge in [-0.25, -0.2) is 0 Å². The van der Waals surface area contributed by atoms with Crippen molar-refractivity contribution in [3.05, 3.63) is 0 Å². The SMILES string of the molecule is CC(C)(C)NC(N)=NCCC(=O)N1CCOCC1. The zero-order valence-electron chi connectivity index (χ0n) is 11.5. The van der Waals surface area contributed by atoms with Crippen molar-refractivity contribution >= 4 is 11.9 Å². The first-order chi connectivity index (χ1) is 8.38. The first kappa shape index (κ1) is 14.8. The van der Waals surface area contributed by atoms with Crippen molar-refractivity contribution in [3.8, 4) is 0 Å². The van der Waals surface area contributed by atoms with Gasteiger partial charge in [-0.15, -0.1) is 0 Å². The monoisotopic (exact) mass is 256 g/mol. The summed E-state index contributed by atoms with van der Waals surface area (Å²) in [6.45, 7) is 9.06. The molecule has 18 heavy (non-hydrogen) atoms. The van der Waals surface area contributed by atoms with Gasteiger partial charge in [0.2, 0.25) is 5.91 Å². The molecule has 1 rings (SSSR count). The van der Waals surface area contributed by atoms with Crippen LogP contribution >= 0.6 is 0 Å². The topological polar surface area (TPSA) is 79.9 Å². The van der Waals surface area contributed by atoms with E-state index in [2.05, 4.69) is 10.3 Å². The molecule has 0 aromatic heterocycles. The molecule has 1 fully saturated rings.